The topological polar surface area (TPSA) is 17.8 Å². The molecule has 0 aliphatic heterocycles. The zero-order chi connectivity index (χ0) is 21.2. The highest BCUT2D eigenvalue weighted by Crippen LogP contribution is 2.38. The van der Waals surface area contributed by atoms with Crippen molar-refractivity contribution in [1.29, 1.82) is 0 Å². The van der Waals surface area contributed by atoms with Gasteiger partial charge in [0.2, 0.25) is 0 Å². The summed E-state index contributed by atoms with van der Waals surface area (Å²) in [5.41, 5.74) is 6.22. The van der Waals surface area contributed by atoms with E-state index in [2.05, 4.69) is 69.0 Å². The standard InChI is InChI=1S/C27H18BrClN2/c28-22-13-11-21(12-14-22)27-30-25(19-7-3-1-4-8-19)26(20-9-5-2-6-10-20)31(27)24-17-15-23(29)16-18-24/h1-18H. The highest BCUT2D eigenvalue weighted by Gasteiger charge is 2.22. The third-order valence-corrected chi connectivity index (χ3v) is 5.94. The van der Waals surface area contributed by atoms with Gasteiger partial charge in [-0.1, -0.05) is 100 Å². The van der Waals surface area contributed by atoms with Gasteiger partial charge >= 0.3 is 0 Å². The second kappa shape index (κ2) is 8.54. The lowest BCUT2D eigenvalue weighted by Crippen LogP contribution is -2.00. The van der Waals surface area contributed by atoms with Crippen LogP contribution in [-0.4, -0.2) is 9.55 Å². The Morgan fingerprint density at radius 1 is 0.613 bits per heavy atom. The normalized spacial score (nSPS) is 10.9. The summed E-state index contributed by atoms with van der Waals surface area (Å²) in [7, 11) is 0. The van der Waals surface area contributed by atoms with Crippen molar-refractivity contribution in [3.8, 4) is 39.6 Å². The zero-order valence-electron chi connectivity index (χ0n) is 16.5. The van der Waals surface area contributed by atoms with Crippen LogP contribution in [0.1, 0.15) is 0 Å². The van der Waals surface area contributed by atoms with Gasteiger partial charge in [-0.05, 0) is 36.4 Å². The van der Waals surface area contributed by atoms with E-state index in [1.807, 2.05) is 60.7 Å². The number of rotatable bonds is 4. The Morgan fingerprint density at radius 2 is 1.19 bits per heavy atom. The fraction of sp³-hybridized carbons (Fsp3) is 0. The van der Waals surface area contributed by atoms with E-state index < -0.39 is 0 Å². The number of halogens is 2. The van der Waals surface area contributed by atoms with Crippen molar-refractivity contribution < 1.29 is 0 Å². The molecule has 0 atom stereocenters. The first-order valence-corrected chi connectivity index (χ1v) is 11.1. The molecule has 0 fully saturated rings. The van der Waals surface area contributed by atoms with Crippen molar-refractivity contribution in [3.63, 3.8) is 0 Å². The number of imidazole rings is 1. The molecule has 150 valence electrons. The average Bonchev–Trinajstić information content (AvgIpc) is 3.22. The summed E-state index contributed by atoms with van der Waals surface area (Å²) in [5.74, 6) is 0.882. The first kappa shape index (κ1) is 19.8. The average molecular weight is 486 g/mol. The van der Waals surface area contributed by atoms with Crippen molar-refractivity contribution in [2.75, 3.05) is 0 Å². The molecule has 1 heterocycles. The third kappa shape index (κ3) is 3.95. The Morgan fingerprint density at radius 3 is 1.81 bits per heavy atom. The van der Waals surface area contributed by atoms with Crippen LogP contribution in [0.2, 0.25) is 5.02 Å². The van der Waals surface area contributed by atoms with E-state index in [4.69, 9.17) is 16.6 Å². The van der Waals surface area contributed by atoms with Crippen LogP contribution in [0.3, 0.4) is 0 Å². The van der Waals surface area contributed by atoms with E-state index >= 15 is 0 Å². The van der Waals surface area contributed by atoms with Crippen LogP contribution in [0.25, 0.3) is 39.6 Å². The molecule has 2 nitrogen and oxygen atoms in total. The van der Waals surface area contributed by atoms with Gasteiger partial charge in [0, 0.05) is 31.9 Å². The number of hydrogen-bond acceptors (Lipinski definition) is 1. The Balaban J connectivity index is 1.87. The number of hydrogen-bond donors (Lipinski definition) is 0. The predicted octanol–water partition coefficient (Wildman–Crippen LogP) is 8.29. The minimum absolute atomic E-state index is 0.707. The summed E-state index contributed by atoms with van der Waals surface area (Å²) >= 11 is 9.74. The van der Waals surface area contributed by atoms with Crippen molar-refractivity contribution in [3.05, 3.63) is 119 Å². The number of aromatic nitrogens is 2. The molecule has 4 heteroatoms. The molecular formula is C27H18BrClN2. The van der Waals surface area contributed by atoms with Gasteiger partial charge in [-0.2, -0.15) is 0 Å². The van der Waals surface area contributed by atoms with Crippen LogP contribution in [0.4, 0.5) is 0 Å². The van der Waals surface area contributed by atoms with Gasteiger partial charge in [0.1, 0.15) is 5.82 Å². The van der Waals surface area contributed by atoms with Crippen molar-refractivity contribution in [1.82, 2.24) is 9.55 Å². The smallest absolute Gasteiger partial charge is 0.145 e. The second-order valence-electron chi connectivity index (χ2n) is 7.18. The lowest BCUT2D eigenvalue weighted by molar-refractivity contribution is 1.07. The van der Waals surface area contributed by atoms with Crippen molar-refractivity contribution >= 4 is 27.5 Å². The lowest BCUT2D eigenvalue weighted by atomic mass is 10.0. The Labute approximate surface area is 194 Å². The second-order valence-corrected chi connectivity index (χ2v) is 8.54. The SMILES string of the molecule is Clc1ccc(-n2c(-c3ccc(Br)cc3)nc(-c3ccccc3)c2-c2ccccc2)cc1. The number of nitrogens with zero attached hydrogens (tertiary/aromatic N) is 2. The van der Waals surface area contributed by atoms with E-state index in [0.29, 0.717) is 5.02 Å². The van der Waals surface area contributed by atoms with Crippen LogP contribution in [0.5, 0.6) is 0 Å². The molecule has 0 saturated heterocycles. The molecule has 0 bridgehead atoms. The molecule has 0 aliphatic rings. The number of benzene rings is 4. The highest BCUT2D eigenvalue weighted by atomic mass is 79.9. The monoisotopic (exact) mass is 484 g/mol. The minimum atomic E-state index is 0.707. The van der Waals surface area contributed by atoms with Gasteiger partial charge in [-0.15, -0.1) is 0 Å². The van der Waals surface area contributed by atoms with Gasteiger partial charge in [-0.25, -0.2) is 4.98 Å². The van der Waals surface area contributed by atoms with E-state index in [-0.39, 0.29) is 0 Å². The molecule has 0 amide bonds. The molecule has 0 N–H and O–H groups in total. The van der Waals surface area contributed by atoms with Gasteiger partial charge in [0.05, 0.1) is 11.4 Å². The third-order valence-electron chi connectivity index (χ3n) is 5.16. The van der Waals surface area contributed by atoms with Gasteiger partial charge in [-0.3, -0.25) is 4.57 Å². The van der Waals surface area contributed by atoms with Crippen molar-refractivity contribution in [2.45, 2.75) is 0 Å². The summed E-state index contributed by atoms with van der Waals surface area (Å²) in [4.78, 5) is 5.17. The van der Waals surface area contributed by atoms with E-state index in [1.165, 1.54) is 0 Å². The van der Waals surface area contributed by atoms with E-state index in [1.54, 1.807) is 0 Å². The van der Waals surface area contributed by atoms with Crippen LogP contribution in [0.15, 0.2) is 114 Å². The van der Waals surface area contributed by atoms with Crippen LogP contribution in [0, 0.1) is 0 Å². The maximum Gasteiger partial charge on any atom is 0.145 e. The van der Waals surface area contributed by atoms with Crippen LogP contribution >= 0.6 is 27.5 Å². The summed E-state index contributed by atoms with van der Waals surface area (Å²) in [5, 5.41) is 0.707. The quantitative estimate of drug-likeness (QED) is 0.250. The summed E-state index contributed by atoms with van der Waals surface area (Å²) in [6, 6.07) is 36.9. The summed E-state index contributed by atoms with van der Waals surface area (Å²) in [6.07, 6.45) is 0. The Bertz CT molecular complexity index is 1310. The predicted molar refractivity (Wildman–Crippen MR) is 133 cm³/mol. The van der Waals surface area contributed by atoms with Crippen LogP contribution < -0.4 is 0 Å². The molecule has 0 spiro atoms. The van der Waals surface area contributed by atoms with Gasteiger partial charge in [0.25, 0.3) is 0 Å². The highest BCUT2D eigenvalue weighted by molar-refractivity contribution is 9.10. The largest absolute Gasteiger partial charge is 0.292 e. The molecule has 5 rings (SSSR count). The molecule has 0 radical (unpaired) electrons. The molecule has 5 aromatic rings. The first-order valence-electron chi connectivity index (χ1n) is 9.96. The molecular weight excluding hydrogens is 468 g/mol. The molecule has 31 heavy (non-hydrogen) atoms. The summed E-state index contributed by atoms with van der Waals surface area (Å²) < 4.78 is 3.25. The minimum Gasteiger partial charge on any atom is -0.292 e. The molecule has 4 aromatic carbocycles. The van der Waals surface area contributed by atoms with Gasteiger partial charge < -0.3 is 0 Å². The van der Waals surface area contributed by atoms with E-state index in [9.17, 15) is 0 Å². The summed E-state index contributed by atoms with van der Waals surface area (Å²) in [6.45, 7) is 0. The van der Waals surface area contributed by atoms with E-state index in [0.717, 1.165) is 44.1 Å². The van der Waals surface area contributed by atoms with Crippen LogP contribution in [-0.2, 0) is 0 Å². The molecule has 1 aromatic heterocycles. The first-order chi connectivity index (χ1) is 15.2. The fourth-order valence-corrected chi connectivity index (χ4v) is 4.10. The maximum atomic E-state index is 6.20. The molecule has 0 unspecified atom stereocenters. The Hall–Kier alpha value is -3.14. The Kier molecular flexibility index (Phi) is 5.46. The molecule has 0 saturated carbocycles. The van der Waals surface area contributed by atoms with Gasteiger partial charge in [0.15, 0.2) is 0 Å². The lowest BCUT2D eigenvalue weighted by Gasteiger charge is -2.14. The fourth-order valence-electron chi connectivity index (χ4n) is 3.71. The maximum absolute atomic E-state index is 6.20. The zero-order valence-corrected chi connectivity index (χ0v) is 18.9. The van der Waals surface area contributed by atoms with Crippen molar-refractivity contribution in [2.24, 2.45) is 0 Å². The molecule has 0 aliphatic carbocycles.